The van der Waals surface area contributed by atoms with Crippen molar-refractivity contribution in [3.63, 3.8) is 0 Å². The monoisotopic (exact) mass is 491 g/mol. The molecule has 1 aliphatic heterocycles. The Morgan fingerprint density at radius 3 is 2.53 bits per heavy atom. The van der Waals surface area contributed by atoms with Gasteiger partial charge in [0.25, 0.3) is 5.91 Å². The van der Waals surface area contributed by atoms with Gasteiger partial charge in [-0.05, 0) is 73.4 Å². The van der Waals surface area contributed by atoms with Gasteiger partial charge in [-0.25, -0.2) is 13.4 Å². The van der Waals surface area contributed by atoms with Crippen LogP contribution < -0.4 is 10.2 Å². The highest BCUT2D eigenvalue weighted by Gasteiger charge is 2.20. The molecule has 174 valence electrons. The summed E-state index contributed by atoms with van der Waals surface area (Å²) < 4.78 is 27.4. The number of carbonyl (C=O) groups excluding carboxylic acids is 1. The minimum absolute atomic E-state index is 0.179. The number of nitrogens with zero attached hydrogens (tertiary/aromatic N) is 2. The zero-order valence-electron chi connectivity index (χ0n) is 18.6. The highest BCUT2D eigenvalue weighted by atomic mass is 32.2. The van der Waals surface area contributed by atoms with Crippen molar-refractivity contribution >= 4 is 43.0 Å². The molecule has 5 rings (SSSR count). The number of amides is 1. The molecule has 3 aromatic carbocycles. The summed E-state index contributed by atoms with van der Waals surface area (Å²) in [5.74, 6) is -0.179. The van der Waals surface area contributed by atoms with E-state index in [4.69, 9.17) is 0 Å². The number of piperidine rings is 1. The van der Waals surface area contributed by atoms with Gasteiger partial charge in [0.2, 0.25) is 9.84 Å². The number of hydrogen-bond acceptors (Lipinski definition) is 6. The highest BCUT2D eigenvalue weighted by molar-refractivity contribution is 7.91. The van der Waals surface area contributed by atoms with Gasteiger partial charge in [0.05, 0.1) is 25.5 Å². The van der Waals surface area contributed by atoms with E-state index in [9.17, 15) is 13.2 Å². The Morgan fingerprint density at radius 2 is 1.74 bits per heavy atom. The van der Waals surface area contributed by atoms with Gasteiger partial charge in [-0.15, -0.1) is 11.3 Å². The van der Waals surface area contributed by atoms with Crippen molar-refractivity contribution in [3.8, 4) is 0 Å². The predicted octanol–water partition coefficient (Wildman–Crippen LogP) is 5.05. The Balaban J connectivity index is 1.27. The molecule has 1 fully saturated rings. The molecule has 1 aromatic heterocycles. The highest BCUT2D eigenvalue weighted by Crippen LogP contribution is 2.27. The lowest BCUT2D eigenvalue weighted by atomic mass is 10.1. The number of anilines is 1. The SMILES string of the molecule is O=C(NCc1ccc(S(=O)(=O)c2cccc(N3CCCCC3)c2)cc1)c1ccc2ncsc2c1. The lowest BCUT2D eigenvalue weighted by molar-refractivity contribution is 0.0951. The van der Waals surface area contributed by atoms with Crippen molar-refractivity contribution in [1.82, 2.24) is 10.3 Å². The van der Waals surface area contributed by atoms with E-state index in [0.29, 0.717) is 17.0 Å². The van der Waals surface area contributed by atoms with Crippen LogP contribution in [0.1, 0.15) is 35.2 Å². The predicted molar refractivity (Wildman–Crippen MR) is 135 cm³/mol. The van der Waals surface area contributed by atoms with Gasteiger partial charge in [0, 0.05) is 30.9 Å². The van der Waals surface area contributed by atoms with Crippen molar-refractivity contribution in [1.29, 1.82) is 0 Å². The molecular formula is C26H25N3O3S2. The van der Waals surface area contributed by atoms with Gasteiger partial charge in [-0.3, -0.25) is 4.79 Å². The van der Waals surface area contributed by atoms with Crippen molar-refractivity contribution in [2.45, 2.75) is 35.6 Å². The maximum Gasteiger partial charge on any atom is 0.251 e. The van der Waals surface area contributed by atoms with Crippen LogP contribution >= 0.6 is 11.3 Å². The third-order valence-corrected chi connectivity index (χ3v) is 8.69. The number of rotatable bonds is 6. The zero-order chi connectivity index (χ0) is 23.5. The molecule has 1 N–H and O–H groups in total. The number of thiazole rings is 1. The van der Waals surface area contributed by atoms with E-state index in [1.165, 1.54) is 17.8 Å². The number of aromatic nitrogens is 1. The summed E-state index contributed by atoms with van der Waals surface area (Å²) in [5.41, 5.74) is 4.99. The van der Waals surface area contributed by atoms with Crippen molar-refractivity contribution < 1.29 is 13.2 Å². The molecule has 0 aliphatic carbocycles. The van der Waals surface area contributed by atoms with E-state index < -0.39 is 9.84 Å². The Kier molecular flexibility index (Phi) is 6.34. The van der Waals surface area contributed by atoms with Crippen LogP contribution in [0.3, 0.4) is 0 Å². The molecule has 1 aliphatic rings. The van der Waals surface area contributed by atoms with Gasteiger partial charge in [0.15, 0.2) is 0 Å². The van der Waals surface area contributed by atoms with Gasteiger partial charge in [-0.1, -0.05) is 18.2 Å². The maximum atomic E-state index is 13.2. The van der Waals surface area contributed by atoms with E-state index >= 15 is 0 Å². The molecule has 0 atom stereocenters. The number of sulfone groups is 1. The molecule has 2 heterocycles. The van der Waals surface area contributed by atoms with Crippen molar-refractivity contribution in [2.24, 2.45) is 0 Å². The van der Waals surface area contributed by atoms with Crippen LogP contribution in [0.4, 0.5) is 5.69 Å². The van der Waals surface area contributed by atoms with E-state index in [0.717, 1.165) is 47.4 Å². The van der Waals surface area contributed by atoms with E-state index in [1.54, 1.807) is 48.0 Å². The third-order valence-electron chi connectivity index (χ3n) is 6.13. The summed E-state index contributed by atoms with van der Waals surface area (Å²) >= 11 is 1.49. The first-order valence-electron chi connectivity index (χ1n) is 11.3. The van der Waals surface area contributed by atoms with Gasteiger partial charge < -0.3 is 10.2 Å². The lowest BCUT2D eigenvalue weighted by Crippen LogP contribution is -2.29. The van der Waals surface area contributed by atoms with Gasteiger partial charge in [-0.2, -0.15) is 0 Å². The first kappa shape index (κ1) is 22.6. The average molecular weight is 492 g/mol. The molecule has 6 nitrogen and oxygen atoms in total. The number of fused-ring (bicyclic) bond motifs is 1. The fourth-order valence-corrected chi connectivity index (χ4v) is 6.22. The van der Waals surface area contributed by atoms with Crippen LogP contribution in [0.25, 0.3) is 10.2 Å². The molecule has 8 heteroatoms. The summed E-state index contributed by atoms with van der Waals surface area (Å²) in [6, 6.07) is 19.3. The van der Waals surface area contributed by atoms with E-state index in [1.807, 2.05) is 24.3 Å². The molecule has 0 unspecified atom stereocenters. The second-order valence-electron chi connectivity index (χ2n) is 8.41. The number of carbonyl (C=O) groups is 1. The van der Waals surface area contributed by atoms with Crippen LogP contribution in [0.2, 0.25) is 0 Å². The normalized spacial score (nSPS) is 14.3. The largest absolute Gasteiger partial charge is 0.372 e. The van der Waals surface area contributed by atoms with Gasteiger partial charge >= 0.3 is 0 Å². The lowest BCUT2D eigenvalue weighted by Gasteiger charge is -2.29. The second-order valence-corrected chi connectivity index (χ2v) is 11.2. The third kappa shape index (κ3) is 4.69. The molecule has 0 bridgehead atoms. The Bertz CT molecular complexity index is 1420. The molecule has 0 spiro atoms. The molecule has 0 saturated carbocycles. The summed E-state index contributed by atoms with van der Waals surface area (Å²) in [6.45, 7) is 2.23. The molecule has 0 radical (unpaired) electrons. The summed E-state index contributed by atoms with van der Waals surface area (Å²) in [7, 11) is -3.63. The van der Waals surface area contributed by atoms with Crippen molar-refractivity contribution in [2.75, 3.05) is 18.0 Å². The minimum Gasteiger partial charge on any atom is -0.372 e. The summed E-state index contributed by atoms with van der Waals surface area (Å²) in [6.07, 6.45) is 3.49. The summed E-state index contributed by atoms with van der Waals surface area (Å²) in [4.78, 5) is 19.6. The Labute approximate surface area is 203 Å². The smallest absolute Gasteiger partial charge is 0.251 e. The van der Waals surface area contributed by atoms with Crippen LogP contribution in [0, 0.1) is 0 Å². The number of hydrogen-bond donors (Lipinski definition) is 1. The first-order valence-corrected chi connectivity index (χ1v) is 13.7. The van der Waals surface area contributed by atoms with Crippen molar-refractivity contribution in [3.05, 3.63) is 83.4 Å². The average Bonchev–Trinajstić information content (AvgIpc) is 3.36. The minimum atomic E-state index is -3.63. The number of benzene rings is 3. The van der Waals surface area contributed by atoms with E-state index in [-0.39, 0.29) is 10.8 Å². The zero-order valence-corrected chi connectivity index (χ0v) is 20.2. The van der Waals surface area contributed by atoms with Crippen LogP contribution in [0.5, 0.6) is 0 Å². The molecule has 34 heavy (non-hydrogen) atoms. The fraction of sp³-hybridized carbons (Fsp3) is 0.231. The molecule has 1 saturated heterocycles. The van der Waals surface area contributed by atoms with Gasteiger partial charge in [0.1, 0.15) is 0 Å². The molecular weight excluding hydrogens is 466 g/mol. The van der Waals surface area contributed by atoms with Crippen LogP contribution in [0.15, 0.2) is 82.0 Å². The fourth-order valence-electron chi connectivity index (χ4n) is 4.20. The van der Waals surface area contributed by atoms with Crippen LogP contribution in [-0.4, -0.2) is 32.4 Å². The molecule has 1 amide bonds. The topological polar surface area (TPSA) is 79.4 Å². The Morgan fingerprint density at radius 1 is 0.941 bits per heavy atom. The quantitative estimate of drug-likeness (QED) is 0.408. The summed E-state index contributed by atoms with van der Waals surface area (Å²) in [5, 5.41) is 2.90. The molecule has 4 aromatic rings. The standard InChI is InChI=1S/C26H25N3O3S2/c30-26(20-9-12-24-25(15-20)33-18-28-24)27-17-19-7-10-22(11-8-19)34(31,32)23-6-4-5-21(16-23)29-13-2-1-3-14-29/h4-12,15-16,18H,1-3,13-14,17H2,(H,27,30). The van der Waals surface area contributed by atoms with Crippen LogP contribution in [-0.2, 0) is 16.4 Å². The number of nitrogens with one attached hydrogen (secondary N) is 1. The second kappa shape index (κ2) is 9.56. The maximum absolute atomic E-state index is 13.2. The van der Waals surface area contributed by atoms with E-state index in [2.05, 4.69) is 15.2 Å². The Hall–Kier alpha value is -3.23. The first-order chi connectivity index (χ1) is 16.5.